The van der Waals surface area contributed by atoms with Gasteiger partial charge in [-0.3, -0.25) is 14.8 Å². The van der Waals surface area contributed by atoms with Crippen molar-refractivity contribution in [2.24, 2.45) is 0 Å². The van der Waals surface area contributed by atoms with Crippen LogP contribution < -0.4 is 5.32 Å². The van der Waals surface area contributed by atoms with E-state index in [1.165, 1.54) is 0 Å². The van der Waals surface area contributed by atoms with Crippen LogP contribution in [0.25, 0.3) is 0 Å². The van der Waals surface area contributed by atoms with Gasteiger partial charge in [0.25, 0.3) is 5.91 Å². The number of carbonyl (C=O) groups is 1. The van der Waals surface area contributed by atoms with Crippen molar-refractivity contribution in [1.29, 1.82) is 0 Å². The van der Waals surface area contributed by atoms with E-state index in [4.69, 9.17) is 11.6 Å². The van der Waals surface area contributed by atoms with Gasteiger partial charge in [0.1, 0.15) is 0 Å². The molecule has 1 heterocycles. The van der Waals surface area contributed by atoms with Gasteiger partial charge in [-0.25, -0.2) is 0 Å². The molecule has 1 aromatic heterocycles. The van der Waals surface area contributed by atoms with Gasteiger partial charge in [0.2, 0.25) is 0 Å². The van der Waals surface area contributed by atoms with Crippen LogP contribution in [-0.4, -0.2) is 15.9 Å². The van der Waals surface area contributed by atoms with Gasteiger partial charge in [-0.05, 0) is 35.0 Å². The molecule has 0 saturated carbocycles. The lowest BCUT2D eigenvalue weighted by Gasteiger charge is -2.07. The first-order valence-electron chi connectivity index (χ1n) is 5.57. The molecule has 0 aliphatic heterocycles. The Hall–Kier alpha value is -1.46. The molecule has 0 atom stereocenters. The largest absolute Gasteiger partial charge is 0.346 e. The minimum Gasteiger partial charge on any atom is -0.346 e. The second kappa shape index (κ2) is 6.12. The lowest BCUT2D eigenvalue weighted by atomic mass is 10.2. The Labute approximate surface area is 124 Å². The molecule has 0 aliphatic carbocycles. The van der Waals surface area contributed by atoms with Crippen LogP contribution in [0.3, 0.4) is 0 Å². The first-order chi connectivity index (χ1) is 9.08. The molecule has 0 aliphatic rings. The average molecular weight is 341 g/mol. The number of halogens is 2. The third-order valence-corrected chi connectivity index (χ3v) is 3.76. The van der Waals surface area contributed by atoms with Gasteiger partial charge < -0.3 is 5.32 Å². The number of aromatic nitrogens is 2. The molecule has 1 amide bonds. The minimum atomic E-state index is -0.242. The molecule has 2 aromatic rings. The maximum Gasteiger partial charge on any atom is 0.253 e. The number of nitrogens with zero attached hydrogens (tertiary/aromatic N) is 2. The van der Waals surface area contributed by atoms with Crippen LogP contribution in [0.2, 0.25) is 5.02 Å². The van der Waals surface area contributed by atoms with Crippen molar-refractivity contribution >= 4 is 33.4 Å². The Kier molecular flexibility index (Phi) is 4.50. The fourth-order valence-corrected chi connectivity index (χ4v) is 2.03. The van der Waals surface area contributed by atoms with Gasteiger partial charge in [0.05, 0.1) is 34.7 Å². The van der Waals surface area contributed by atoms with Crippen LogP contribution in [0.15, 0.2) is 35.1 Å². The van der Waals surface area contributed by atoms with Crippen molar-refractivity contribution in [2.45, 2.75) is 13.5 Å². The summed E-state index contributed by atoms with van der Waals surface area (Å²) < 4.78 is 0.692. The Balaban J connectivity index is 2.05. The van der Waals surface area contributed by atoms with E-state index in [9.17, 15) is 4.79 Å². The quantitative estimate of drug-likeness (QED) is 0.934. The lowest BCUT2D eigenvalue weighted by Crippen LogP contribution is -2.23. The Morgan fingerprint density at radius 2 is 2.16 bits per heavy atom. The summed E-state index contributed by atoms with van der Waals surface area (Å²) in [5.74, 6) is -0.242. The van der Waals surface area contributed by atoms with Gasteiger partial charge in [-0.1, -0.05) is 17.7 Å². The summed E-state index contributed by atoms with van der Waals surface area (Å²) >= 11 is 9.34. The van der Waals surface area contributed by atoms with Gasteiger partial charge >= 0.3 is 0 Å². The highest BCUT2D eigenvalue weighted by Gasteiger charge is 2.12. The molecular formula is C13H11BrClN3O. The van der Waals surface area contributed by atoms with E-state index in [1.807, 2.05) is 6.92 Å². The van der Waals surface area contributed by atoms with Gasteiger partial charge in [0, 0.05) is 10.7 Å². The summed E-state index contributed by atoms with van der Waals surface area (Å²) in [5, 5.41) is 3.15. The molecule has 0 radical (unpaired) electrons. The molecule has 0 saturated heterocycles. The maximum atomic E-state index is 12.0. The van der Waals surface area contributed by atoms with Crippen LogP contribution in [0.1, 0.15) is 21.7 Å². The van der Waals surface area contributed by atoms with Gasteiger partial charge in [-0.2, -0.15) is 0 Å². The first kappa shape index (κ1) is 14.0. The summed E-state index contributed by atoms with van der Waals surface area (Å²) in [5.41, 5.74) is 1.96. The van der Waals surface area contributed by atoms with E-state index in [0.717, 1.165) is 5.69 Å². The predicted octanol–water partition coefficient (Wildman–Crippen LogP) is 3.13. The number of amides is 1. The molecule has 0 unspecified atom stereocenters. The third kappa shape index (κ3) is 3.52. The number of aryl methyl sites for hydroxylation is 1. The molecule has 0 spiro atoms. The molecule has 4 nitrogen and oxygen atoms in total. The van der Waals surface area contributed by atoms with Crippen LogP contribution in [0.4, 0.5) is 0 Å². The van der Waals surface area contributed by atoms with Crippen molar-refractivity contribution < 1.29 is 4.79 Å². The third-order valence-electron chi connectivity index (χ3n) is 2.46. The molecule has 1 N–H and O–H groups in total. The van der Waals surface area contributed by atoms with Gasteiger partial charge in [0.15, 0.2) is 0 Å². The number of benzene rings is 1. The lowest BCUT2D eigenvalue weighted by molar-refractivity contribution is 0.0950. The molecule has 2 rings (SSSR count). The summed E-state index contributed by atoms with van der Waals surface area (Å²) in [6.45, 7) is 2.17. The highest BCUT2D eigenvalue weighted by molar-refractivity contribution is 9.10. The summed E-state index contributed by atoms with van der Waals surface area (Å²) in [7, 11) is 0. The molecule has 0 bridgehead atoms. The van der Waals surface area contributed by atoms with E-state index in [1.54, 1.807) is 30.6 Å². The average Bonchev–Trinajstić information content (AvgIpc) is 2.41. The SMILES string of the molecule is Cc1cnc(CNC(=O)c2cccc(Br)c2Cl)cn1. The maximum absolute atomic E-state index is 12.0. The number of carbonyl (C=O) groups excluding carboxylic acids is 1. The number of rotatable bonds is 3. The van der Waals surface area contributed by atoms with Crippen LogP contribution >= 0.6 is 27.5 Å². The second-order valence-corrected chi connectivity index (χ2v) is 5.17. The number of hydrogen-bond acceptors (Lipinski definition) is 3. The zero-order chi connectivity index (χ0) is 13.8. The smallest absolute Gasteiger partial charge is 0.253 e. The van der Waals surface area contributed by atoms with Crippen LogP contribution in [-0.2, 0) is 6.54 Å². The van der Waals surface area contributed by atoms with Crippen molar-refractivity contribution in [3.05, 3.63) is 57.0 Å². The second-order valence-electron chi connectivity index (χ2n) is 3.93. The van der Waals surface area contributed by atoms with Crippen LogP contribution in [0.5, 0.6) is 0 Å². The molecule has 0 fully saturated rings. The highest BCUT2D eigenvalue weighted by Crippen LogP contribution is 2.25. The Morgan fingerprint density at radius 1 is 1.37 bits per heavy atom. The fraction of sp³-hybridized carbons (Fsp3) is 0.154. The van der Waals surface area contributed by atoms with E-state index in [-0.39, 0.29) is 5.91 Å². The van der Waals surface area contributed by atoms with E-state index in [0.29, 0.717) is 27.3 Å². The standard InChI is InChI=1S/C13H11BrClN3O/c1-8-5-17-9(6-16-8)7-18-13(19)10-3-2-4-11(14)12(10)15/h2-6H,7H2,1H3,(H,18,19). The van der Waals surface area contributed by atoms with Crippen molar-refractivity contribution in [2.75, 3.05) is 0 Å². The van der Waals surface area contributed by atoms with Crippen molar-refractivity contribution in [1.82, 2.24) is 15.3 Å². The zero-order valence-corrected chi connectivity index (χ0v) is 12.5. The monoisotopic (exact) mass is 339 g/mol. The van der Waals surface area contributed by atoms with E-state index >= 15 is 0 Å². The number of hydrogen-bond donors (Lipinski definition) is 1. The predicted molar refractivity (Wildman–Crippen MR) is 77.1 cm³/mol. The first-order valence-corrected chi connectivity index (χ1v) is 6.75. The normalized spacial score (nSPS) is 10.3. The fourth-order valence-electron chi connectivity index (χ4n) is 1.46. The molecule has 1 aromatic carbocycles. The van der Waals surface area contributed by atoms with Crippen molar-refractivity contribution in [3.63, 3.8) is 0 Å². The zero-order valence-electron chi connectivity index (χ0n) is 10.2. The number of nitrogens with one attached hydrogen (secondary N) is 1. The van der Waals surface area contributed by atoms with Crippen molar-refractivity contribution in [3.8, 4) is 0 Å². The summed E-state index contributed by atoms with van der Waals surface area (Å²) in [6.07, 6.45) is 3.30. The molecular weight excluding hydrogens is 330 g/mol. The molecule has 19 heavy (non-hydrogen) atoms. The molecule has 6 heteroatoms. The van der Waals surface area contributed by atoms with E-state index < -0.39 is 0 Å². The topological polar surface area (TPSA) is 54.9 Å². The Morgan fingerprint density at radius 3 is 2.84 bits per heavy atom. The summed E-state index contributed by atoms with van der Waals surface area (Å²) in [6, 6.07) is 5.21. The van der Waals surface area contributed by atoms with Gasteiger partial charge in [-0.15, -0.1) is 0 Å². The highest BCUT2D eigenvalue weighted by atomic mass is 79.9. The summed E-state index contributed by atoms with van der Waals surface area (Å²) in [4.78, 5) is 20.3. The Bertz CT molecular complexity index is 601. The molecule has 98 valence electrons. The van der Waals surface area contributed by atoms with E-state index in [2.05, 4.69) is 31.2 Å². The minimum absolute atomic E-state index is 0.242. The van der Waals surface area contributed by atoms with Crippen LogP contribution in [0, 0.1) is 6.92 Å².